The Kier molecular flexibility index (Phi) is 3.70. The van der Waals surface area contributed by atoms with Crippen molar-refractivity contribution in [2.24, 2.45) is 17.8 Å². The molecule has 1 N–H and O–H groups in total. The standard InChI is InChI=1S/C12H21NO2S/c1-16(14,15)6-2-5-13-9-12-8-10-3-4-11(12)7-10/h3-4,10-13H,2,5-9H2,1H3. The smallest absolute Gasteiger partial charge is 0.147 e. The first-order chi connectivity index (χ1) is 7.54. The molecular weight excluding hydrogens is 222 g/mol. The SMILES string of the molecule is CS(=O)(=O)CCCNCC1CC2C=CC1C2. The first-order valence-electron chi connectivity index (χ1n) is 6.11. The van der Waals surface area contributed by atoms with Crippen molar-refractivity contribution in [2.75, 3.05) is 25.1 Å². The number of fused-ring (bicyclic) bond motifs is 2. The molecule has 0 aliphatic heterocycles. The van der Waals surface area contributed by atoms with Crippen molar-refractivity contribution in [2.45, 2.75) is 19.3 Å². The third-order valence-corrected chi connectivity index (χ3v) is 4.72. The van der Waals surface area contributed by atoms with Gasteiger partial charge >= 0.3 is 0 Å². The lowest BCUT2D eigenvalue weighted by Crippen LogP contribution is -2.27. The second kappa shape index (κ2) is 4.88. The highest BCUT2D eigenvalue weighted by atomic mass is 32.2. The lowest BCUT2D eigenvalue weighted by Gasteiger charge is -2.18. The Hall–Kier alpha value is -0.350. The summed E-state index contributed by atoms with van der Waals surface area (Å²) in [5, 5.41) is 3.39. The van der Waals surface area contributed by atoms with Crippen LogP contribution in [0.3, 0.4) is 0 Å². The van der Waals surface area contributed by atoms with Gasteiger partial charge in [-0.25, -0.2) is 8.42 Å². The maximum absolute atomic E-state index is 10.9. The minimum absolute atomic E-state index is 0.302. The van der Waals surface area contributed by atoms with Gasteiger partial charge < -0.3 is 5.32 Å². The monoisotopic (exact) mass is 243 g/mol. The molecule has 0 heterocycles. The zero-order chi connectivity index (χ0) is 11.6. The molecule has 0 radical (unpaired) electrons. The Morgan fingerprint density at radius 1 is 1.31 bits per heavy atom. The Morgan fingerprint density at radius 2 is 2.12 bits per heavy atom. The molecule has 1 saturated carbocycles. The van der Waals surface area contributed by atoms with E-state index in [0.717, 1.165) is 37.3 Å². The van der Waals surface area contributed by atoms with Gasteiger partial charge in [0.1, 0.15) is 9.84 Å². The summed E-state index contributed by atoms with van der Waals surface area (Å²) < 4.78 is 21.8. The van der Waals surface area contributed by atoms with Gasteiger partial charge in [-0.15, -0.1) is 0 Å². The molecule has 1 fully saturated rings. The molecular formula is C12H21NO2S. The summed E-state index contributed by atoms with van der Waals surface area (Å²) in [6, 6.07) is 0. The second-order valence-corrected chi connectivity index (χ2v) is 7.49. The van der Waals surface area contributed by atoms with Gasteiger partial charge in [0.25, 0.3) is 0 Å². The molecule has 0 aromatic heterocycles. The maximum atomic E-state index is 10.9. The van der Waals surface area contributed by atoms with Crippen molar-refractivity contribution in [3.63, 3.8) is 0 Å². The summed E-state index contributed by atoms with van der Waals surface area (Å²) in [5.41, 5.74) is 0. The predicted octanol–water partition coefficient (Wildman–Crippen LogP) is 1.22. The van der Waals surface area contributed by atoms with E-state index in [1.807, 2.05) is 0 Å². The Bertz CT molecular complexity index is 361. The van der Waals surface area contributed by atoms with Crippen LogP contribution in [0.4, 0.5) is 0 Å². The van der Waals surface area contributed by atoms with E-state index in [-0.39, 0.29) is 0 Å². The Morgan fingerprint density at radius 3 is 2.69 bits per heavy atom. The zero-order valence-electron chi connectivity index (χ0n) is 9.85. The van der Waals surface area contributed by atoms with Crippen LogP contribution in [0.1, 0.15) is 19.3 Å². The molecule has 4 heteroatoms. The molecule has 0 aromatic carbocycles. The number of hydrogen-bond donors (Lipinski definition) is 1. The van der Waals surface area contributed by atoms with E-state index >= 15 is 0 Å². The predicted molar refractivity (Wildman–Crippen MR) is 66.0 cm³/mol. The van der Waals surface area contributed by atoms with E-state index < -0.39 is 9.84 Å². The summed E-state index contributed by atoms with van der Waals surface area (Å²) in [4.78, 5) is 0. The van der Waals surface area contributed by atoms with Gasteiger partial charge in [-0.1, -0.05) is 12.2 Å². The van der Waals surface area contributed by atoms with Crippen molar-refractivity contribution >= 4 is 9.84 Å². The zero-order valence-corrected chi connectivity index (χ0v) is 10.7. The fourth-order valence-corrected chi connectivity index (χ4v) is 3.54. The summed E-state index contributed by atoms with van der Waals surface area (Å²) in [7, 11) is -2.78. The summed E-state index contributed by atoms with van der Waals surface area (Å²) in [6.45, 7) is 1.87. The van der Waals surface area contributed by atoms with Gasteiger partial charge in [-0.05, 0) is 50.1 Å². The second-order valence-electron chi connectivity index (χ2n) is 5.23. The van der Waals surface area contributed by atoms with Crippen LogP contribution in [0, 0.1) is 17.8 Å². The maximum Gasteiger partial charge on any atom is 0.147 e. The van der Waals surface area contributed by atoms with Crippen molar-refractivity contribution in [1.29, 1.82) is 0 Å². The van der Waals surface area contributed by atoms with E-state index in [4.69, 9.17) is 0 Å². The topological polar surface area (TPSA) is 46.2 Å². The first-order valence-corrected chi connectivity index (χ1v) is 8.17. The van der Waals surface area contributed by atoms with Crippen molar-refractivity contribution < 1.29 is 8.42 Å². The van der Waals surface area contributed by atoms with Gasteiger partial charge in [0, 0.05) is 6.26 Å². The minimum atomic E-state index is -2.78. The molecule has 92 valence electrons. The molecule has 16 heavy (non-hydrogen) atoms. The van der Waals surface area contributed by atoms with E-state index in [0.29, 0.717) is 5.75 Å². The van der Waals surface area contributed by atoms with Gasteiger partial charge in [0.05, 0.1) is 5.75 Å². The van der Waals surface area contributed by atoms with E-state index in [9.17, 15) is 8.42 Å². The van der Waals surface area contributed by atoms with Crippen LogP contribution in [0.15, 0.2) is 12.2 Å². The van der Waals surface area contributed by atoms with Crippen molar-refractivity contribution in [3.8, 4) is 0 Å². The molecule has 0 amide bonds. The minimum Gasteiger partial charge on any atom is -0.316 e. The van der Waals surface area contributed by atoms with Crippen molar-refractivity contribution in [3.05, 3.63) is 12.2 Å². The third-order valence-electron chi connectivity index (χ3n) is 3.69. The molecule has 2 bridgehead atoms. The molecule has 3 atom stereocenters. The van der Waals surface area contributed by atoms with E-state index in [2.05, 4.69) is 17.5 Å². The average Bonchev–Trinajstić information content (AvgIpc) is 2.76. The highest BCUT2D eigenvalue weighted by molar-refractivity contribution is 7.90. The summed E-state index contributed by atoms with van der Waals surface area (Å²) in [5.74, 6) is 2.70. The largest absolute Gasteiger partial charge is 0.316 e. The van der Waals surface area contributed by atoms with Crippen LogP contribution in [0.5, 0.6) is 0 Å². The molecule has 3 nitrogen and oxygen atoms in total. The van der Waals surface area contributed by atoms with E-state index in [1.165, 1.54) is 19.1 Å². The van der Waals surface area contributed by atoms with Crippen LogP contribution in [-0.2, 0) is 9.84 Å². The van der Waals surface area contributed by atoms with Gasteiger partial charge in [0.2, 0.25) is 0 Å². The van der Waals surface area contributed by atoms with Gasteiger partial charge in [0.15, 0.2) is 0 Å². The lowest BCUT2D eigenvalue weighted by molar-refractivity contribution is 0.415. The van der Waals surface area contributed by atoms with Crippen LogP contribution in [-0.4, -0.2) is 33.5 Å². The number of sulfone groups is 1. The van der Waals surface area contributed by atoms with Crippen molar-refractivity contribution in [1.82, 2.24) is 5.32 Å². The van der Waals surface area contributed by atoms with Crippen LogP contribution < -0.4 is 5.32 Å². The normalized spacial score (nSPS) is 32.4. The Labute approximate surface area is 98.2 Å². The molecule has 0 spiro atoms. The summed E-state index contributed by atoms with van der Waals surface area (Å²) in [6.07, 6.45) is 9.40. The van der Waals surface area contributed by atoms with Gasteiger partial charge in [-0.3, -0.25) is 0 Å². The molecule has 0 saturated heterocycles. The lowest BCUT2D eigenvalue weighted by atomic mass is 9.94. The summed E-state index contributed by atoms with van der Waals surface area (Å²) >= 11 is 0. The molecule has 2 aliphatic carbocycles. The quantitative estimate of drug-likeness (QED) is 0.563. The van der Waals surface area contributed by atoms with Crippen LogP contribution in [0.2, 0.25) is 0 Å². The number of hydrogen-bond acceptors (Lipinski definition) is 3. The first kappa shape index (κ1) is 12.1. The number of nitrogens with one attached hydrogen (secondary N) is 1. The molecule has 3 unspecified atom stereocenters. The molecule has 2 rings (SSSR count). The highest BCUT2D eigenvalue weighted by Gasteiger charge is 2.34. The highest BCUT2D eigenvalue weighted by Crippen LogP contribution is 2.42. The number of allylic oxidation sites excluding steroid dienone is 2. The number of rotatable bonds is 6. The van der Waals surface area contributed by atoms with Crippen LogP contribution in [0.25, 0.3) is 0 Å². The average molecular weight is 243 g/mol. The molecule has 2 aliphatic rings. The molecule has 0 aromatic rings. The van der Waals surface area contributed by atoms with E-state index in [1.54, 1.807) is 0 Å². The third kappa shape index (κ3) is 3.32. The fourth-order valence-electron chi connectivity index (χ4n) is 2.88. The Balaban J connectivity index is 1.57. The fraction of sp³-hybridized carbons (Fsp3) is 0.833. The van der Waals surface area contributed by atoms with Crippen LogP contribution >= 0.6 is 0 Å². The van der Waals surface area contributed by atoms with Gasteiger partial charge in [-0.2, -0.15) is 0 Å².